The van der Waals surface area contributed by atoms with E-state index in [1.165, 1.54) is 0 Å². The minimum atomic E-state index is -0.404. The van der Waals surface area contributed by atoms with Crippen LogP contribution in [0.1, 0.15) is 30.8 Å². The van der Waals surface area contributed by atoms with Gasteiger partial charge in [-0.2, -0.15) is 5.10 Å². The van der Waals surface area contributed by atoms with Crippen LogP contribution in [0.3, 0.4) is 0 Å². The van der Waals surface area contributed by atoms with Crippen molar-refractivity contribution >= 4 is 5.91 Å². The predicted molar refractivity (Wildman–Crippen MR) is 99.2 cm³/mol. The normalized spacial score (nSPS) is 19.4. The summed E-state index contributed by atoms with van der Waals surface area (Å²) in [6, 6.07) is 9.66. The average molecular weight is 357 g/mol. The number of benzene rings is 1. The second-order valence-electron chi connectivity index (χ2n) is 7.49. The van der Waals surface area contributed by atoms with Gasteiger partial charge in [0, 0.05) is 17.8 Å². The van der Waals surface area contributed by atoms with E-state index in [0.717, 1.165) is 22.7 Å². The lowest BCUT2D eigenvalue weighted by atomic mass is 10.0. The van der Waals surface area contributed by atoms with Crippen LogP contribution < -0.4 is 4.74 Å². The second kappa shape index (κ2) is 7.50. The monoisotopic (exact) mass is 357 g/mol. The number of morpholine rings is 1. The summed E-state index contributed by atoms with van der Waals surface area (Å²) in [5.74, 6) is 0.903. The molecule has 1 aliphatic heterocycles. The Balaban J connectivity index is 1.64. The number of carbonyl (C=O) groups excluding carboxylic acids is 1. The van der Waals surface area contributed by atoms with Crippen LogP contribution in [0.15, 0.2) is 30.3 Å². The Labute approximate surface area is 154 Å². The second-order valence-corrected chi connectivity index (χ2v) is 7.49. The summed E-state index contributed by atoms with van der Waals surface area (Å²) in [4.78, 5) is 14.7. The van der Waals surface area contributed by atoms with Crippen molar-refractivity contribution in [3.8, 4) is 5.75 Å². The van der Waals surface area contributed by atoms with Gasteiger partial charge in [-0.25, -0.2) is 0 Å². The Kier molecular flexibility index (Phi) is 5.32. The van der Waals surface area contributed by atoms with Crippen molar-refractivity contribution in [3.63, 3.8) is 0 Å². The molecule has 0 radical (unpaired) electrons. The molecule has 3 rings (SSSR count). The van der Waals surface area contributed by atoms with E-state index in [-0.39, 0.29) is 12.0 Å². The van der Waals surface area contributed by atoms with E-state index in [1.807, 2.05) is 62.9 Å². The van der Waals surface area contributed by atoms with Gasteiger partial charge in [0.05, 0.1) is 24.3 Å². The number of carbonyl (C=O) groups is 1. The number of H-pyrrole nitrogens is 1. The largest absolute Gasteiger partial charge is 0.491 e. The first kappa shape index (κ1) is 18.5. The maximum Gasteiger partial charge on any atom is 0.227 e. The molecule has 0 saturated carbocycles. The summed E-state index contributed by atoms with van der Waals surface area (Å²) >= 11 is 0. The maximum atomic E-state index is 12.9. The number of nitrogens with one attached hydrogen (secondary N) is 1. The number of aromatic amines is 1. The number of hydrogen-bond donors (Lipinski definition) is 1. The smallest absolute Gasteiger partial charge is 0.227 e. The van der Waals surface area contributed by atoms with Gasteiger partial charge in [0.25, 0.3) is 0 Å². The van der Waals surface area contributed by atoms with Crippen LogP contribution in [0.5, 0.6) is 5.75 Å². The highest BCUT2D eigenvalue weighted by molar-refractivity contribution is 5.79. The highest BCUT2D eigenvalue weighted by atomic mass is 16.5. The molecule has 6 nitrogen and oxygen atoms in total. The van der Waals surface area contributed by atoms with E-state index in [1.54, 1.807) is 0 Å². The van der Waals surface area contributed by atoms with Crippen LogP contribution in [0, 0.1) is 13.8 Å². The molecule has 26 heavy (non-hydrogen) atoms. The summed E-state index contributed by atoms with van der Waals surface area (Å²) in [6.07, 6.45) is 0.200. The molecule has 2 aromatic rings. The number of aryl methyl sites for hydroxylation is 2. The number of rotatable bonds is 5. The van der Waals surface area contributed by atoms with E-state index in [4.69, 9.17) is 9.47 Å². The van der Waals surface area contributed by atoms with E-state index in [9.17, 15) is 4.79 Å². The molecule has 0 bridgehead atoms. The molecular weight excluding hydrogens is 330 g/mol. The molecule has 6 heteroatoms. The van der Waals surface area contributed by atoms with Crippen LogP contribution in [-0.2, 0) is 16.0 Å². The van der Waals surface area contributed by atoms with Crippen molar-refractivity contribution in [2.24, 2.45) is 0 Å². The molecular formula is C20H27N3O3. The zero-order chi connectivity index (χ0) is 18.7. The number of aromatic nitrogens is 2. The summed E-state index contributed by atoms with van der Waals surface area (Å²) < 4.78 is 12.0. The van der Waals surface area contributed by atoms with Crippen molar-refractivity contribution in [1.82, 2.24) is 15.1 Å². The first-order valence-electron chi connectivity index (χ1n) is 8.98. The summed E-state index contributed by atoms with van der Waals surface area (Å²) in [6.45, 7) is 9.41. The Morgan fingerprint density at radius 3 is 2.73 bits per heavy atom. The molecule has 1 atom stereocenters. The fraction of sp³-hybridized carbons (Fsp3) is 0.500. The Morgan fingerprint density at radius 1 is 1.35 bits per heavy atom. The summed E-state index contributed by atoms with van der Waals surface area (Å²) in [5, 5.41) is 7.12. The molecule has 1 saturated heterocycles. The van der Waals surface area contributed by atoms with Gasteiger partial charge < -0.3 is 14.4 Å². The van der Waals surface area contributed by atoms with Gasteiger partial charge in [-0.1, -0.05) is 18.2 Å². The minimum absolute atomic E-state index is 0.0960. The third-order valence-corrected chi connectivity index (χ3v) is 4.62. The molecule has 0 spiro atoms. The van der Waals surface area contributed by atoms with Gasteiger partial charge in [0.2, 0.25) is 5.91 Å². The molecule has 1 N–H and O–H groups in total. The predicted octanol–water partition coefficient (Wildman–Crippen LogP) is 2.65. The Bertz CT molecular complexity index is 735. The van der Waals surface area contributed by atoms with Crippen LogP contribution in [0.2, 0.25) is 0 Å². The number of ether oxygens (including phenoxy) is 2. The van der Waals surface area contributed by atoms with Crippen molar-refractivity contribution in [3.05, 3.63) is 47.3 Å². The SMILES string of the molecule is Cc1n[nH]c(C)c1CC(=O)N1C[C@@H](COc2ccccc2)OC(C)(C)C1. The average Bonchev–Trinajstić information content (AvgIpc) is 2.91. The van der Waals surface area contributed by atoms with Gasteiger partial charge in [-0.3, -0.25) is 9.89 Å². The first-order valence-corrected chi connectivity index (χ1v) is 8.98. The van der Waals surface area contributed by atoms with Crippen LogP contribution >= 0.6 is 0 Å². The zero-order valence-corrected chi connectivity index (χ0v) is 15.9. The maximum absolute atomic E-state index is 12.9. The number of amides is 1. The van der Waals surface area contributed by atoms with Crippen molar-refractivity contribution in [2.75, 3.05) is 19.7 Å². The van der Waals surface area contributed by atoms with Crippen LogP contribution in [0.25, 0.3) is 0 Å². The lowest BCUT2D eigenvalue weighted by Crippen LogP contribution is -2.56. The minimum Gasteiger partial charge on any atom is -0.491 e. The third kappa shape index (κ3) is 4.43. The highest BCUT2D eigenvalue weighted by Crippen LogP contribution is 2.23. The highest BCUT2D eigenvalue weighted by Gasteiger charge is 2.36. The molecule has 140 valence electrons. The van der Waals surface area contributed by atoms with E-state index in [0.29, 0.717) is 26.1 Å². The van der Waals surface area contributed by atoms with E-state index in [2.05, 4.69) is 10.2 Å². The molecule has 0 unspecified atom stereocenters. The van der Waals surface area contributed by atoms with Crippen LogP contribution in [0.4, 0.5) is 0 Å². The van der Waals surface area contributed by atoms with Gasteiger partial charge in [-0.15, -0.1) is 0 Å². The number of nitrogens with zero attached hydrogens (tertiary/aromatic N) is 2. The van der Waals surface area contributed by atoms with E-state index >= 15 is 0 Å². The Morgan fingerprint density at radius 2 is 2.08 bits per heavy atom. The number of hydrogen-bond acceptors (Lipinski definition) is 4. The molecule has 1 amide bonds. The van der Waals surface area contributed by atoms with Gasteiger partial charge in [0.15, 0.2) is 0 Å². The quantitative estimate of drug-likeness (QED) is 0.893. The zero-order valence-electron chi connectivity index (χ0n) is 15.9. The van der Waals surface area contributed by atoms with Crippen molar-refractivity contribution in [2.45, 2.75) is 45.8 Å². The summed E-state index contributed by atoms with van der Waals surface area (Å²) in [7, 11) is 0. The van der Waals surface area contributed by atoms with Gasteiger partial charge in [0.1, 0.15) is 18.5 Å². The van der Waals surface area contributed by atoms with Gasteiger partial charge >= 0.3 is 0 Å². The van der Waals surface area contributed by atoms with Crippen molar-refractivity contribution in [1.29, 1.82) is 0 Å². The molecule has 1 aliphatic rings. The fourth-order valence-corrected chi connectivity index (χ4v) is 3.38. The molecule has 1 fully saturated rings. The van der Waals surface area contributed by atoms with Gasteiger partial charge in [-0.05, 0) is 39.8 Å². The molecule has 0 aliphatic carbocycles. The van der Waals surface area contributed by atoms with E-state index < -0.39 is 5.60 Å². The Hall–Kier alpha value is -2.34. The fourth-order valence-electron chi connectivity index (χ4n) is 3.38. The van der Waals surface area contributed by atoms with Crippen LogP contribution in [-0.4, -0.2) is 52.4 Å². The number of para-hydroxylation sites is 1. The lowest BCUT2D eigenvalue weighted by Gasteiger charge is -2.42. The van der Waals surface area contributed by atoms with Crippen molar-refractivity contribution < 1.29 is 14.3 Å². The third-order valence-electron chi connectivity index (χ3n) is 4.62. The first-order chi connectivity index (χ1) is 12.3. The standard InChI is InChI=1S/C20H27N3O3/c1-14-18(15(2)22-21-14)10-19(24)23-11-17(26-20(3,4)13-23)12-25-16-8-6-5-7-9-16/h5-9,17H,10-13H2,1-4H3,(H,21,22)/t17-/m0/s1. The lowest BCUT2D eigenvalue weighted by molar-refractivity contribution is -0.165. The topological polar surface area (TPSA) is 67.5 Å². The molecule has 1 aromatic heterocycles. The molecule has 1 aromatic carbocycles. The molecule has 2 heterocycles. The summed E-state index contributed by atoms with van der Waals surface area (Å²) in [5.41, 5.74) is 2.41.